The first-order valence-electron chi connectivity index (χ1n) is 17.8. The third kappa shape index (κ3) is 6.27. The van der Waals surface area contributed by atoms with E-state index in [0.29, 0.717) is 48.3 Å². The third-order valence-electron chi connectivity index (χ3n) is 12.5. The van der Waals surface area contributed by atoms with E-state index in [0.717, 1.165) is 23.7 Å². The number of nitrogens with one attached hydrogen (secondary N) is 2. The van der Waals surface area contributed by atoms with Crippen LogP contribution in [0.25, 0.3) is 10.6 Å². The molecule has 0 aliphatic carbocycles. The van der Waals surface area contributed by atoms with Crippen LogP contribution in [-0.4, -0.2) is 48.3 Å². The smallest absolute Gasteiger partial charge is 0.656 e. The van der Waals surface area contributed by atoms with Crippen LogP contribution in [0.3, 0.4) is 0 Å². The molecule has 12 atom stereocenters. The maximum absolute atomic E-state index is 5.74. The molecule has 5 heterocycles. The van der Waals surface area contributed by atoms with Gasteiger partial charge in [0.1, 0.15) is 0 Å². The largest absolute Gasteiger partial charge is 2.00 e. The monoisotopic (exact) mass is 745 g/mol. The molecule has 236 valence electrons. The van der Waals surface area contributed by atoms with Gasteiger partial charge in [-0.05, 0) is 51.4 Å². The van der Waals surface area contributed by atoms with Gasteiger partial charge in [-0.15, -0.1) is 24.2 Å². The van der Waals surface area contributed by atoms with Gasteiger partial charge >= 0.3 is 21.1 Å². The number of hydrogen-bond acceptors (Lipinski definition) is 2. The van der Waals surface area contributed by atoms with Gasteiger partial charge in [-0.2, -0.15) is 0 Å². The van der Waals surface area contributed by atoms with E-state index in [4.69, 9.17) is 10.6 Å². The van der Waals surface area contributed by atoms with E-state index in [2.05, 4.69) is 66.0 Å². The Morgan fingerprint density at radius 3 is 0.829 bits per heavy atom. The van der Waals surface area contributed by atoms with Crippen molar-refractivity contribution in [2.24, 2.45) is 23.7 Å². The average molecular weight is 746 g/mol. The summed E-state index contributed by atoms with van der Waals surface area (Å²) < 4.78 is 0. The Bertz CT molecular complexity index is 787. The van der Waals surface area contributed by atoms with Gasteiger partial charge < -0.3 is 21.3 Å². The molecule has 0 saturated carbocycles. The Kier molecular flexibility index (Phi) is 12.3. The summed E-state index contributed by atoms with van der Waals surface area (Å²) in [6.45, 7) is 19.3. The minimum Gasteiger partial charge on any atom is -0.656 e. The molecule has 5 aliphatic heterocycles. The molecule has 0 amide bonds. The summed E-state index contributed by atoms with van der Waals surface area (Å²) in [7, 11) is 0. The van der Waals surface area contributed by atoms with Gasteiger partial charge in [-0.1, -0.05) is 127 Å². The molecule has 5 rings (SSSR count). The van der Waals surface area contributed by atoms with Gasteiger partial charge in [0.05, 0.1) is 0 Å². The summed E-state index contributed by atoms with van der Waals surface area (Å²) in [5, 5.41) is 20.0. The molecule has 8 bridgehead atoms. The van der Waals surface area contributed by atoms with Crippen molar-refractivity contribution < 1.29 is 21.1 Å². The average Bonchev–Trinajstić information content (AvgIpc) is 3.67. The molecule has 2 N–H and O–H groups in total. The van der Waals surface area contributed by atoms with Crippen molar-refractivity contribution in [3.63, 3.8) is 0 Å². The second-order valence-electron chi connectivity index (χ2n) is 13.9. The Hall–Kier alpha value is 0.00831. The third-order valence-corrected chi connectivity index (χ3v) is 12.5. The van der Waals surface area contributed by atoms with Crippen LogP contribution in [0.5, 0.6) is 0 Å². The molecule has 0 aromatic carbocycles. The van der Waals surface area contributed by atoms with Crippen molar-refractivity contribution >= 4 is 0 Å². The van der Waals surface area contributed by atoms with E-state index in [9.17, 15) is 0 Å². The molecule has 5 heteroatoms. The van der Waals surface area contributed by atoms with E-state index in [1.807, 2.05) is 0 Å². The Morgan fingerprint density at radius 1 is 0.439 bits per heavy atom. The van der Waals surface area contributed by atoms with Crippen LogP contribution in [0.1, 0.15) is 132 Å². The van der Waals surface area contributed by atoms with Crippen LogP contribution in [0, 0.1) is 23.7 Å². The summed E-state index contributed by atoms with van der Waals surface area (Å²) in [6, 6.07) is 3.99. The van der Waals surface area contributed by atoms with E-state index >= 15 is 0 Å². The molecule has 0 aromatic heterocycles. The molecule has 0 spiro atoms. The zero-order chi connectivity index (χ0) is 28.6. The zero-order valence-corrected chi connectivity index (χ0v) is 29.9. The molecular formula is C36H62N4Pt. The topological polar surface area (TPSA) is 52.3 Å². The number of rotatable bonds is 8. The first-order valence-corrected chi connectivity index (χ1v) is 17.8. The van der Waals surface area contributed by atoms with Crippen molar-refractivity contribution in [2.75, 3.05) is 0 Å². The Labute approximate surface area is 268 Å². The molecule has 3 fully saturated rings. The fraction of sp³-hybridized carbons (Fsp3) is 0.889. The van der Waals surface area contributed by atoms with Gasteiger partial charge in [0, 0.05) is 24.2 Å². The van der Waals surface area contributed by atoms with Gasteiger partial charge in [0.15, 0.2) is 0 Å². The summed E-state index contributed by atoms with van der Waals surface area (Å²) in [5.74, 6) is 2.92. The van der Waals surface area contributed by atoms with E-state index < -0.39 is 0 Å². The predicted molar refractivity (Wildman–Crippen MR) is 172 cm³/mol. The standard InChI is InChI=1S/C36H62N4.Pt/c1-9-21-22(10-2)30-18-32-25(13-5)26(14-6)34(39-32)20-36-28(16-8)27(15-7)35(40-36)19-33-24(12-4)23(11-3)31(38-33)17-29(21)37-30;/h21-22,27-36,38-39H,9-20H2,1-8H3;/q-2;+2. The zero-order valence-electron chi connectivity index (χ0n) is 27.6. The van der Waals surface area contributed by atoms with Gasteiger partial charge in [0.25, 0.3) is 0 Å². The fourth-order valence-electron chi connectivity index (χ4n) is 10.8. The minimum atomic E-state index is 0. The molecule has 0 aromatic rings. The van der Waals surface area contributed by atoms with Crippen LogP contribution in [0.2, 0.25) is 0 Å². The SMILES string of the molecule is CCC1=C(CC)C2CC3[N-]C(CC4NC(CC5[N-]C(CC1N2)C(CC)C5CC)C(CC)=C4CC)C(CC)C3CC.[Pt+2]. The van der Waals surface area contributed by atoms with Gasteiger partial charge in [0.2, 0.25) is 0 Å². The van der Waals surface area contributed by atoms with Crippen molar-refractivity contribution in [3.8, 4) is 0 Å². The first kappa shape index (κ1) is 33.9. The van der Waals surface area contributed by atoms with E-state index in [1.165, 1.54) is 77.0 Å². The Balaban J connectivity index is 0.00000387. The van der Waals surface area contributed by atoms with E-state index in [-0.39, 0.29) is 21.1 Å². The first-order chi connectivity index (χ1) is 19.5. The molecule has 5 aliphatic rings. The van der Waals surface area contributed by atoms with Crippen LogP contribution < -0.4 is 10.6 Å². The maximum atomic E-state index is 5.74. The number of nitrogens with zero attached hydrogens (tertiary/aromatic N) is 2. The summed E-state index contributed by atoms with van der Waals surface area (Å²) in [6.07, 6.45) is 14.6. The van der Waals surface area contributed by atoms with Gasteiger partial charge in [-0.3, -0.25) is 0 Å². The van der Waals surface area contributed by atoms with E-state index in [1.54, 1.807) is 22.3 Å². The summed E-state index contributed by atoms with van der Waals surface area (Å²) in [5.41, 5.74) is 6.88. The number of hydrogen-bond donors (Lipinski definition) is 2. The minimum absolute atomic E-state index is 0. The molecule has 12 unspecified atom stereocenters. The second kappa shape index (κ2) is 14.9. The maximum Gasteiger partial charge on any atom is 2.00 e. The van der Waals surface area contributed by atoms with Crippen molar-refractivity contribution in [2.45, 2.75) is 181 Å². The number of fused-ring (bicyclic) bond motifs is 8. The quantitative estimate of drug-likeness (QED) is 0.244. The molecular weight excluding hydrogens is 684 g/mol. The second-order valence-corrected chi connectivity index (χ2v) is 13.9. The molecule has 3 saturated heterocycles. The molecule has 0 radical (unpaired) electrons. The van der Waals surface area contributed by atoms with Gasteiger partial charge in [-0.25, -0.2) is 0 Å². The predicted octanol–water partition coefficient (Wildman–Crippen LogP) is 8.83. The fourth-order valence-corrected chi connectivity index (χ4v) is 10.8. The normalized spacial score (nSPS) is 42.7. The Morgan fingerprint density at radius 2 is 0.659 bits per heavy atom. The van der Waals surface area contributed by atoms with Crippen LogP contribution in [0.15, 0.2) is 22.3 Å². The summed E-state index contributed by atoms with van der Waals surface area (Å²) in [4.78, 5) is 0. The molecule has 4 nitrogen and oxygen atoms in total. The summed E-state index contributed by atoms with van der Waals surface area (Å²) >= 11 is 0. The van der Waals surface area contributed by atoms with Crippen molar-refractivity contribution in [1.29, 1.82) is 0 Å². The van der Waals surface area contributed by atoms with Crippen LogP contribution >= 0.6 is 0 Å². The van der Waals surface area contributed by atoms with Crippen LogP contribution in [0.4, 0.5) is 0 Å². The van der Waals surface area contributed by atoms with Crippen molar-refractivity contribution in [3.05, 3.63) is 32.9 Å². The van der Waals surface area contributed by atoms with Crippen LogP contribution in [-0.2, 0) is 21.1 Å². The molecule has 41 heavy (non-hydrogen) atoms. The van der Waals surface area contributed by atoms with Crippen molar-refractivity contribution in [1.82, 2.24) is 10.6 Å².